The zero-order valence-electron chi connectivity index (χ0n) is 49.4. The van der Waals surface area contributed by atoms with E-state index in [1.807, 2.05) is 12.4 Å². The van der Waals surface area contributed by atoms with E-state index in [1.165, 1.54) is 22.3 Å². The molecule has 0 amide bonds. The first-order chi connectivity index (χ1) is 44.6. The van der Waals surface area contributed by atoms with Gasteiger partial charge in [0.25, 0.3) is 0 Å². The summed E-state index contributed by atoms with van der Waals surface area (Å²) in [6.07, 6.45) is 6.13. The van der Waals surface area contributed by atoms with E-state index in [0.717, 1.165) is 134 Å². The second-order valence-electron chi connectivity index (χ2n) is 22.7. The highest BCUT2D eigenvalue weighted by atomic mass is 14.7. The summed E-state index contributed by atoms with van der Waals surface area (Å²) in [5.41, 5.74) is 30.4. The third-order valence-corrected chi connectivity index (χ3v) is 17.1. The van der Waals surface area contributed by atoms with Crippen LogP contribution in [0, 0.1) is 0 Å². The molecule has 0 radical (unpaired) electrons. The van der Waals surface area contributed by atoms with Crippen LogP contribution >= 0.6 is 0 Å². The SMILES string of the molecule is c1ccc(-c2ccc(-c3cc(-c4cccc(-c5ccccc5)c4)ncc3-c3ccccc3-c3cc(-c4ccccc4-c4ccc(-c5cccc(-c6ccccc6)c5)nc4)cc(-c4ccccc4-c4ccc(-c5cccc(-c6ccccc6)c5)nc4)c3)cc2)cc1. The Kier molecular flexibility index (Phi) is 15.1. The molecule has 0 saturated heterocycles. The quantitative estimate of drug-likeness (QED) is 0.109. The Hall–Kier alpha value is -11.9. The van der Waals surface area contributed by atoms with E-state index in [2.05, 4.69) is 346 Å². The Labute approximate surface area is 526 Å². The number of aromatic nitrogens is 3. The average Bonchev–Trinajstić information content (AvgIpc) is 1.71. The number of hydrogen-bond donors (Lipinski definition) is 0. The van der Waals surface area contributed by atoms with Gasteiger partial charge in [-0.1, -0.05) is 285 Å². The van der Waals surface area contributed by atoms with Gasteiger partial charge < -0.3 is 0 Å². The predicted octanol–water partition coefficient (Wildman–Crippen LogP) is 23.2. The summed E-state index contributed by atoms with van der Waals surface area (Å²) < 4.78 is 0. The molecule has 15 aromatic rings. The molecule has 3 nitrogen and oxygen atoms in total. The fourth-order valence-corrected chi connectivity index (χ4v) is 12.5. The minimum atomic E-state index is 0.903. The second kappa shape index (κ2) is 24.8. The lowest BCUT2D eigenvalue weighted by Gasteiger charge is -2.19. The van der Waals surface area contributed by atoms with Gasteiger partial charge in [-0.3, -0.25) is 15.0 Å². The molecular formula is C87H59N3. The van der Waals surface area contributed by atoms with Crippen LogP contribution in [0.4, 0.5) is 0 Å². The van der Waals surface area contributed by atoms with Gasteiger partial charge in [0.2, 0.25) is 0 Å². The molecule has 0 bridgehead atoms. The second-order valence-corrected chi connectivity index (χ2v) is 22.7. The van der Waals surface area contributed by atoms with Crippen LogP contribution in [-0.4, -0.2) is 15.0 Å². The van der Waals surface area contributed by atoms with Gasteiger partial charge in [-0.2, -0.15) is 0 Å². The highest BCUT2D eigenvalue weighted by Gasteiger charge is 2.20. The first-order valence-corrected chi connectivity index (χ1v) is 30.6. The van der Waals surface area contributed by atoms with Crippen molar-refractivity contribution in [2.45, 2.75) is 0 Å². The number of rotatable bonds is 14. The molecule has 0 atom stereocenters. The zero-order chi connectivity index (χ0) is 60.0. The van der Waals surface area contributed by atoms with Gasteiger partial charge in [-0.15, -0.1) is 0 Å². The lowest BCUT2D eigenvalue weighted by atomic mass is 9.85. The molecule has 0 unspecified atom stereocenters. The molecular weight excluding hydrogens is 1090 g/mol. The van der Waals surface area contributed by atoms with E-state index >= 15 is 0 Å². The molecule has 3 heteroatoms. The van der Waals surface area contributed by atoms with E-state index in [-0.39, 0.29) is 0 Å². The van der Waals surface area contributed by atoms with Crippen molar-refractivity contribution in [1.82, 2.24) is 15.0 Å². The maximum absolute atomic E-state index is 5.34. The molecule has 15 rings (SSSR count). The third-order valence-electron chi connectivity index (χ3n) is 17.1. The van der Waals surface area contributed by atoms with Crippen LogP contribution in [0.2, 0.25) is 0 Å². The normalized spacial score (nSPS) is 11.1. The first-order valence-electron chi connectivity index (χ1n) is 30.6. The van der Waals surface area contributed by atoms with E-state index < -0.39 is 0 Å². The Morgan fingerprint density at radius 1 is 0.122 bits per heavy atom. The van der Waals surface area contributed by atoms with Gasteiger partial charge in [-0.25, -0.2) is 0 Å². The molecule has 0 spiro atoms. The summed E-state index contributed by atoms with van der Waals surface area (Å²) in [6, 6.07) is 122. The van der Waals surface area contributed by atoms with Gasteiger partial charge in [0.1, 0.15) is 0 Å². The maximum Gasteiger partial charge on any atom is 0.0708 e. The fraction of sp³-hybridized carbons (Fsp3) is 0. The Bertz CT molecular complexity index is 4810. The first kappa shape index (κ1) is 54.7. The molecule has 12 aromatic carbocycles. The molecule has 422 valence electrons. The molecule has 90 heavy (non-hydrogen) atoms. The van der Waals surface area contributed by atoms with Crippen molar-refractivity contribution in [2.24, 2.45) is 0 Å². The van der Waals surface area contributed by atoms with E-state index in [9.17, 15) is 0 Å². The molecule has 0 saturated carbocycles. The smallest absolute Gasteiger partial charge is 0.0708 e. The summed E-state index contributed by atoms with van der Waals surface area (Å²) in [5.74, 6) is 0. The van der Waals surface area contributed by atoms with Crippen LogP contribution in [0.3, 0.4) is 0 Å². The Morgan fingerprint density at radius 2 is 0.389 bits per heavy atom. The number of nitrogens with zero attached hydrogens (tertiary/aromatic N) is 3. The van der Waals surface area contributed by atoms with Crippen molar-refractivity contribution < 1.29 is 0 Å². The van der Waals surface area contributed by atoms with Gasteiger partial charge in [0.15, 0.2) is 0 Å². The summed E-state index contributed by atoms with van der Waals surface area (Å²) in [7, 11) is 0. The van der Waals surface area contributed by atoms with Crippen molar-refractivity contribution in [2.75, 3.05) is 0 Å². The van der Waals surface area contributed by atoms with Crippen LogP contribution in [-0.2, 0) is 0 Å². The van der Waals surface area contributed by atoms with Gasteiger partial charge in [0, 0.05) is 52.0 Å². The molecule has 3 heterocycles. The highest BCUT2D eigenvalue weighted by Crippen LogP contribution is 2.45. The van der Waals surface area contributed by atoms with Crippen LogP contribution in [0.5, 0.6) is 0 Å². The predicted molar refractivity (Wildman–Crippen MR) is 376 cm³/mol. The summed E-state index contributed by atoms with van der Waals surface area (Å²) in [5, 5.41) is 0. The highest BCUT2D eigenvalue weighted by molar-refractivity contribution is 5.97. The minimum Gasteiger partial charge on any atom is -0.256 e. The van der Waals surface area contributed by atoms with E-state index in [1.54, 1.807) is 0 Å². The van der Waals surface area contributed by atoms with Crippen molar-refractivity contribution in [3.05, 3.63) is 358 Å². The van der Waals surface area contributed by atoms with Gasteiger partial charge in [-0.05, 0) is 160 Å². The molecule has 0 aliphatic heterocycles. The van der Waals surface area contributed by atoms with Crippen LogP contribution in [0.15, 0.2) is 358 Å². The minimum absolute atomic E-state index is 0.903. The van der Waals surface area contributed by atoms with Crippen molar-refractivity contribution in [3.8, 4) is 156 Å². The molecule has 0 fully saturated rings. The standard InChI is InChI=1S/C87H59N3/c1-5-22-60(23-6-1)64-42-44-65(45-43-64)83-56-87(71-35-21-32-68(52-71)63-28-11-4-12-29-63)90-59-84(83)82-41-18-17-40-81(82)76-54-74(79-38-15-13-36-77(79)72-46-48-85(88-57-72)69-33-19-30-66(50-69)61-24-7-2-8-25-61)53-75(55-76)80-39-16-14-37-78(80)73-47-49-86(89-58-73)70-34-20-31-67(51-70)62-26-9-3-10-27-62/h1-59H. The molecule has 0 aliphatic rings. The monoisotopic (exact) mass is 1150 g/mol. The third kappa shape index (κ3) is 11.4. The Balaban J connectivity index is 0.872. The lowest BCUT2D eigenvalue weighted by molar-refractivity contribution is 1.32. The zero-order valence-corrected chi connectivity index (χ0v) is 49.4. The number of pyridine rings is 3. The van der Waals surface area contributed by atoms with Gasteiger partial charge in [0.05, 0.1) is 17.1 Å². The largest absolute Gasteiger partial charge is 0.256 e. The Morgan fingerprint density at radius 3 is 0.778 bits per heavy atom. The van der Waals surface area contributed by atoms with E-state index in [4.69, 9.17) is 15.0 Å². The van der Waals surface area contributed by atoms with Crippen LogP contribution in [0.25, 0.3) is 156 Å². The average molecular weight is 1150 g/mol. The van der Waals surface area contributed by atoms with Gasteiger partial charge >= 0.3 is 0 Å². The summed E-state index contributed by atoms with van der Waals surface area (Å²) in [6.45, 7) is 0. The molecule has 0 N–H and O–H groups in total. The van der Waals surface area contributed by atoms with Crippen molar-refractivity contribution >= 4 is 0 Å². The van der Waals surface area contributed by atoms with E-state index in [0.29, 0.717) is 0 Å². The van der Waals surface area contributed by atoms with Crippen LogP contribution < -0.4 is 0 Å². The lowest BCUT2D eigenvalue weighted by Crippen LogP contribution is -1.95. The van der Waals surface area contributed by atoms with Crippen molar-refractivity contribution in [1.29, 1.82) is 0 Å². The fourth-order valence-electron chi connectivity index (χ4n) is 12.5. The van der Waals surface area contributed by atoms with Crippen LogP contribution in [0.1, 0.15) is 0 Å². The molecule has 3 aromatic heterocycles. The maximum atomic E-state index is 5.34. The summed E-state index contributed by atoms with van der Waals surface area (Å²) >= 11 is 0. The molecule has 0 aliphatic carbocycles. The number of hydrogen-bond acceptors (Lipinski definition) is 3. The topological polar surface area (TPSA) is 38.7 Å². The van der Waals surface area contributed by atoms with Crippen molar-refractivity contribution in [3.63, 3.8) is 0 Å². The summed E-state index contributed by atoms with van der Waals surface area (Å²) in [4.78, 5) is 15.6. The number of benzene rings is 12.